The average Bonchev–Trinajstić information content (AvgIpc) is 2.83. The predicted octanol–water partition coefficient (Wildman–Crippen LogP) is 1.17. The molecule has 1 heterocycles. The summed E-state index contributed by atoms with van der Waals surface area (Å²) in [6.07, 6.45) is 2.74. The van der Waals surface area contributed by atoms with Crippen LogP contribution in [-0.2, 0) is 0 Å². The molecule has 1 rings (SSSR count). The minimum Gasteiger partial charge on any atom is -0.396 e. The van der Waals surface area contributed by atoms with Gasteiger partial charge in [0, 0.05) is 23.5 Å². The average molecular weight is 244 g/mol. The van der Waals surface area contributed by atoms with E-state index in [2.05, 4.69) is 17.2 Å². The third kappa shape index (κ3) is 3.52. The second kappa shape index (κ2) is 6.30. The van der Waals surface area contributed by atoms with Crippen molar-refractivity contribution in [1.29, 1.82) is 0 Å². The van der Waals surface area contributed by atoms with E-state index < -0.39 is 5.41 Å². The molecule has 1 aromatic heterocycles. The highest BCUT2D eigenvalue weighted by atomic mass is 32.1. The highest BCUT2D eigenvalue weighted by molar-refractivity contribution is 7.09. The smallest absolute Gasteiger partial charge is 0.109 e. The van der Waals surface area contributed by atoms with E-state index in [-0.39, 0.29) is 19.3 Å². The molecule has 0 fully saturated rings. The van der Waals surface area contributed by atoms with Gasteiger partial charge in [0.05, 0.1) is 19.3 Å². The molecule has 0 bridgehead atoms. The van der Waals surface area contributed by atoms with Gasteiger partial charge in [-0.15, -0.1) is 11.3 Å². The number of thiazole rings is 1. The zero-order valence-electron chi connectivity index (χ0n) is 9.81. The second-order valence-corrected chi connectivity index (χ2v) is 5.27. The van der Waals surface area contributed by atoms with Gasteiger partial charge in [-0.3, -0.25) is 0 Å². The van der Waals surface area contributed by atoms with E-state index >= 15 is 0 Å². The number of rotatable bonds is 7. The molecule has 1 unspecified atom stereocenters. The van der Waals surface area contributed by atoms with Crippen LogP contribution in [0.5, 0.6) is 0 Å². The lowest BCUT2D eigenvalue weighted by Gasteiger charge is -2.27. The Balaban J connectivity index is 2.52. The van der Waals surface area contributed by atoms with Gasteiger partial charge in [0.25, 0.3) is 0 Å². The first-order chi connectivity index (χ1) is 7.65. The molecule has 1 atom stereocenters. The maximum atomic E-state index is 9.19. The van der Waals surface area contributed by atoms with Crippen LogP contribution in [0.15, 0.2) is 11.6 Å². The number of hydrogen-bond donors (Lipinski definition) is 3. The van der Waals surface area contributed by atoms with Crippen LogP contribution in [0.4, 0.5) is 0 Å². The van der Waals surface area contributed by atoms with Crippen LogP contribution in [0.25, 0.3) is 0 Å². The van der Waals surface area contributed by atoms with Gasteiger partial charge in [-0.25, -0.2) is 4.98 Å². The summed E-state index contributed by atoms with van der Waals surface area (Å²) >= 11 is 1.62. The van der Waals surface area contributed by atoms with Gasteiger partial charge in [-0.1, -0.05) is 13.8 Å². The molecule has 5 heteroatoms. The van der Waals surface area contributed by atoms with E-state index in [0.29, 0.717) is 6.54 Å². The molecule has 0 saturated heterocycles. The van der Waals surface area contributed by atoms with E-state index in [9.17, 15) is 10.2 Å². The summed E-state index contributed by atoms with van der Waals surface area (Å²) in [7, 11) is 0. The fraction of sp³-hybridized carbons (Fsp3) is 0.727. The minimum absolute atomic E-state index is 0.0230. The lowest BCUT2D eigenvalue weighted by atomic mass is 9.92. The van der Waals surface area contributed by atoms with Gasteiger partial charge in [0.15, 0.2) is 0 Å². The van der Waals surface area contributed by atoms with Crippen molar-refractivity contribution in [2.45, 2.75) is 26.3 Å². The van der Waals surface area contributed by atoms with Crippen LogP contribution in [0, 0.1) is 5.41 Å². The van der Waals surface area contributed by atoms with Crippen molar-refractivity contribution in [2.24, 2.45) is 5.41 Å². The van der Waals surface area contributed by atoms with Crippen LogP contribution in [0.1, 0.15) is 31.3 Å². The van der Waals surface area contributed by atoms with Gasteiger partial charge in [-0.05, 0) is 6.42 Å². The summed E-state index contributed by atoms with van der Waals surface area (Å²) in [6, 6.07) is 0.206. The zero-order valence-corrected chi connectivity index (χ0v) is 10.6. The first-order valence-corrected chi connectivity index (χ1v) is 6.37. The molecule has 16 heavy (non-hydrogen) atoms. The molecule has 0 aliphatic carbocycles. The van der Waals surface area contributed by atoms with Gasteiger partial charge < -0.3 is 15.5 Å². The fourth-order valence-corrected chi connectivity index (χ4v) is 2.14. The summed E-state index contributed by atoms with van der Waals surface area (Å²) in [5.74, 6) is 0. The highest BCUT2D eigenvalue weighted by Gasteiger charge is 2.24. The monoisotopic (exact) mass is 244 g/mol. The topological polar surface area (TPSA) is 65.4 Å². The zero-order chi connectivity index (χ0) is 12.0. The normalized spacial score (nSPS) is 14.0. The molecule has 4 nitrogen and oxygen atoms in total. The van der Waals surface area contributed by atoms with E-state index in [0.717, 1.165) is 11.4 Å². The largest absolute Gasteiger partial charge is 0.396 e. The number of nitrogens with one attached hydrogen (secondary N) is 1. The lowest BCUT2D eigenvalue weighted by Crippen LogP contribution is -2.39. The van der Waals surface area contributed by atoms with Crippen molar-refractivity contribution < 1.29 is 10.2 Å². The molecule has 92 valence electrons. The molecule has 3 N–H and O–H groups in total. The quantitative estimate of drug-likeness (QED) is 0.674. The third-order valence-electron chi connectivity index (χ3n) is 2.70. The Morgan fingerprint density at radius 2 is 2.19 bits per heavy atom. The molecular weight excluding hydrogens is 224 g/mol. The Hall–Kier alpha value is -0.490. The van der Waals surface area contributed by atoms with Crippen LogP contribution < -0.4 is 5.32 Å². The van der Waals surface area contributed by atoms with Crippen LogP contribution in [0.2, 0.25) is 0 Å². The van der Waals surface area contributed by atoms with E-state index in [1.165, 1.54) is 0 Å². The number of aliphatic hydroxyl groups is 2. The van der Waals surface area contributed by atoms with Gasteiger partial charge in [0.2, 0.25) is 0 Å². The maximum Gasteiger partial charge on any atom is 0.109 e. The van der Waals surface area contributed by atoms with Crippen molar-refractivity contribution in [1.82, 2.24) is 10.3 Å². The van der Waals surface area contributed by atoms with Crippen molar-refractivity contribution in [3.05, 3.63) is 16.6 Å². The van der Waals surface area contributed by atoms with E-state index in [1.54, 1.807) is 17.5 Å². The maximum absolute atomic E-state index is 9.19. The number of nitrogens with zero attached hydrogens (tertiary/aromatic N) is 1. The summed E-state index contributed by atoms with van der Waals surface area (Å²) in [5, 5.41) is 24.7. The van der Waals surface area contributed by atoms with Gasteiger partial charge in [-0.2, -0.15) is 0 Å². The van der Waals surface area contributed by atoms with Crippen molar-refractivity contribution in [3.8, 4) is 0 Å². The molecular formula is C11H20N2O2S. The minimum atomic E-state index is -0.468. The first kappa shape index (κ1) is 13.6. The third-order valence-corrected chi connectivity index (χ3v) is 3.59. The molecule has 0 spiro atoms. The lowest BCUT2D eigenvalue weighted by molar-refractivity contribution is 0.0671. The summed E-state index contributed by atoms with van der Waals surface area (Å²) in [4.78, 5) is 4.27. The summed E-state index contributed by atoms with van der Waals surface area (Å²) in [5.41, 5.74) is -0.468. The Morgan fingerprint density at radius 1 is 1.50 bits per heavy atom. The molecule has 1 aromatic rings. The number of hydrogen-bond acceptors (Lipinski definition) is 5. The standard InChI is InChI=1S/C11H20N2O2S/c1-3-9(10-12-4-5-16-10)13-6-11(2,7-14)8-15/h4-5,9,13-15H,3,6-8H2,1-2H3. The molecule has 0 amide bonds. The number of aliphatic hydroxyl groups excluding tert-OH is 2. The van der Waals surface area contributed by atoms with Gasteiger partial charge >= 0.3 is 0 Å². The second-order valence-electron chi connectivity index (χ2n) is 4.34. The van der Waals surface area contributed by atoms with Gasteiger partial charge in [0.1, 0.15) is 5.01 Å². The molecule has 0 aliphatic rings. The van der Waals surface area contributed by atoms with Crippen LogP contribution in [-0.4, -0.2) is 35.0 Å². The van der Waals surface area contributed by atoms with Crippen molar-refractivity contribution in [3.63, 3.8) is 0 Å². The van der Waals surface area contributed by atoms with Crippen LogP contribution >= 0.6 is 11.3 Å². The fourth-order valence-electron chi connectivity index (χ4n) is 1.34. The molecule has 0 aromatic carbocycles. The van der Waals surface area contributed by atoms with E-state index in [4.69, 9.17) is 0 Å². The Kier molecular flexibility index (Phi) is 5.34. The molecule has 0 saturated carbocycles. The number of aromatic nitrogens is 1. The Bertz CT molecular complexity index is 286. The summed E-state index contributed by atoms with van der Waals surface area (Å²) in [6.45, 7) is 4.48. The first-order valence-electron chi connectivity index (χ1n) is 5.49. The SMILES string of the molecule is CCC(NCC(C)(CO)CO)c1nccs1. The Labute approximate surface area is 100 Å². The highest BCUT2D eigenvalue weighted by Crippen LogP contribution is 2.21. The molecule has 0 radical (unpaired) electrons. The van der Waals surface area contributed by atoms with E-state index in [1.807, 2.05) is 12.3 Å². The summed E-state index contributed by atoms with van der Waals surface area (Å²) < 4.78 is 0. The van der Waals surface area contributed by atoms with Crippen molar-refractivity contribution in [2.75, 3.05) is 19.8 Å². The van der Waals surface area contributed by atoms with Crippen molar-refractivity contribution >= 4 is 11.3 Å². The Morgan fingerprint density at radius 3 is 2.62 bits per heavy atom. The van der Waals surface area contributed by atoms with Crippen LogP contribution in [0.3, 0.4) is 0 Å². The predicted molar refractivity (Wildman–Crippen MR) is 65.4 cm³/mol. The molecule has 0 aliphatic heterocycles.